The minimum Gasteiger partial charge on any atom is -0.507 e. The standard InChI is InChI=1S/C34H45NO6.H2O.2H2/c1-22(2)35-20-24-8-6-4-5-7-9-26(11-10-24)28-12-13-31(39)34-29(28)18-25(19-33(34)41)17-27(14-15-36)30(21-37)32(40)16-23(3)38;;;/h4-7,10-13,22,25,27,30,35-37,39H,8-9,14-21H2,1-3H3;1H2;2*1H/b6-4-,7-5-,24-10+,26-11+;;;. The summed E-state index contributed by atoms with van der Waals surface area (Å²) in [7, 11) is 0. The number of Topliss-reactive ketones (excluding diaryl/α,β-unsaturated/α-hetero) is 3. The first-order chi connectivity index (χ1) is 19.6. The summed E-state index contributed by atoms with van der Waals surface area (Å²) in [5.41, 5.74) is 4.35. The SMILES string of the molecule is CC(=O)CC(=O)C(CO)C(CCO)CC1CC(=O)c2c(O)ccc(/C3=C/C=C(/CNC(C)C)C/C=C\C=C/C3)c2C1.O.[HH].[HH]. The Bertz CT molecular complexity index is 1240. The van der Waals surface area contributed by atoms with E-state index in [4.69, 9.17) is 0 Å². The van der Waals surface area contributed by atoms with Crippen LogP contribution in [-0.2, 0) is 16.0 Å². The number of nitrogens with one attached hydrogen (secondary N) is 1. The number of aliphatic hydroxyl groups is 2. The third-order valence-corrected chi connectivity index (χ3v) is 7.98. The predicted octanol–water partition coefficient (Wildman–Crippen LogP) is 4.56. The van der Waals surface area contributed by atoms with Crippen LogP contribution in [0.2, 0.25) is 0 Å². The molecule has 3 unspecified atom stereocenters. The van der Waals surface area contributed by atoms with Gasteiger partial charge in [-0.05, 0) is 73.6 Å². The normalized spacial score (nSPS) is 22.4. The number of fused-ring (bicyclic) bond motifs is 1. The summed E-state index contributed by atoms with van der Waals surface area (Å²) in [5, 5.41) is 33.9. The first-order valence-electron chi connectivity index (χ1n) is 14.7. The number of allylic oxidation sites excluding steroid dienone is 7. The number of aliphatic hydroxyl groups excluding tert-OH is 2. The van der Waals surface area contributed by atoms with Crippen LogP contribution in [0.1, 0.15) is 83.6 Å². The van der Waals surface area contributed by atoms with Crippen LogP contribution in [0.25, 0.3) is 5.57 Å². The summed E-state index contributed by atoms with van der Waals surface area (Å²) in [6.45, 7) is 5.77. The Labute approximate surface area is 252 Å². The van der Waals surface area contributed by atoms with Crippen molar-refractivity contribution in [3.05, 3.63) is 70.9 Å². The Morgan fingerprint density at radius 3 is 2.43 bits per heavy atom. The molecule has 8 heteroatoms. The van der Waals surface area contributed by atoms with Crippen LogP contribution >= 0.6 is 0 Å². The number of hydrogen-bond donors (Lipinski definition) is 4. The van der Waals surface area contributed by atoms with Gasteiger partial charge in [-0.2, -0.15) is 0 Å². The zero-order valence-electron chi connectivity index (χ0n) is 25.1. The van der Waals surface area contributed by atoms with Crippen LogP contribution in [0.5, 0.6) is 5.75 Å². The first kappa shape index (κ1) is 35.0. The monoisotopic (exact) mass is 585 g/mol. The number of carbonyl (C=O) groups is 3. The molecule has 0 bridgehead atoms. The average Bonchev–Trinajstić information content (AvgIpc) is 2.91. The van der Waals surface area contributed by atoms with Crippen LogP contribution in [0.15, 0.2) is 54.2 Å². The maximum absolute atomic E-state index is 13.4. The van der Waals surface area contributed by atoms with Crippen LogP contribution < -0.4 is 5.32 Å². The van der Waals surface area contributed by atoms with Gasteiger partial charge in [-0.3, -0.25) is 14.4 Å². The maximum Gasteiger partial charge on any atom is 0.167 e. The second-order valence-electron chi connectivity index (χ2n) is 11.6. The molecule has 0 spiro atoms. The summed E-state index contributed by atoms with van der Waals surface area (Å²) in [5.74, 6) is -2.04. The van der Waals surface area contributed by atoms with E-state index in [1.807, 2.05) is 18.2 Å². The van der Waals surface area contributed by atoms with Gasteiger partial charge in [0, 0.05) is 34.4 Å². The van der Waals surface area contributed by atoms with Gasteiger partial charge in [-0.1, -0.05) is 61.9 Å². The highest BCUT2D eigenvalue weighted by Crippen LogP contribution is 2.40. The van der Waals surface area contributed by atoms with E-state index in [0.29, 0.717) is 37.3 Å². The maximum atomic E-state index is 13.4. The van der Waals surface area contributed by atoms with Gasteiger partial charge in [0.15, 0.2) is 5.78 Å². The van der Waals surface area contributed by atoms with Gasteiger partial charge in [-0.25, -0.2) is 0 Å². The number of hydrogen-bond acceptors (Lipinski definition) is 7. The van der Waals surface area contributed by atoms with Gasteiger partial charge in [0.2, 0.25) is 0 Å². The number of phenolic OH excluding ortho intramolecular Hbond substituents is 1. The molecule has 3 rings (SSSR count). The lowest BCUT2D eigenvalue weighted by molar-refractivity contribution is -0.131. The largest absolute Gasteiger partial charge is 0.507 e. The third-order valence-electron chi connectivity index (χ3n) is 7.98. The highest BCUT2D eigenvalue weighted by Gasteiger charge is 2.35. The molecule has 1 aromatic carbocycles. The van der Waals surface area contributed by atoms with Gasteiger partial charge >= 0.3 is 0 Å². The van der Waals surface area contributed by atoms with Crippen LogP contribution in [0.3, 0.4) is 0 Å². The average molecular weight is 586 g/mol. The second-order valence-corrected chi connectivity index (χ2v) is 11.6. The number of aromatic hydroxyl groups is 1. The molecule has 0 saturated carbocycles. The molecule has 2 aliphatic rings. The number of carbonyl (C=O) groups excluding carboxylic acids is 3. The molecule has 42 heavy (non-hydrogen) atoms. The zero-order chi connectivity index (χ0) is 29.9. The van der Waals surface area contributed by atoms with Crippen molar-refractivity contribution in [3.63, 3.8) is 0 Å². The molecule has 6 N–H and O–H groups in total. The fourth-order valence-electron chi connectivity index (χ4n) is 5.91. The van der Waals surface area contributed by atoms with E-state index < -0.39 is 12.5 Å². The van der Waals surface area contributed by atoms with E-state index in [0.717, 1.165) is 29.7 Å². The van der Waals surface area contributed by atoms with Gasteiger partial charge in [0.05, 0.1) is 18.6 Å². The van der Waals surface area contributed by atoms with Crippen LogP contribution in [-0.4, -0.2) is 63.9 Å². The van der Waals surface area contributed by atoms with E-state index in [1.54, 1.807) is 6.07 Å². The fourth-order valence-corrected chi connectivity index (χ4v) is 5.91. The number of phenols is 1. The minimum atomic E-state index is -0.770. The lowest BCUT2D eigenvalue weighted by Crippen LogP contribution is -2.32. The first-order valence-corrected chi connectivity index (χ1v) is 14.7. The fraction of sp³-hybridized carbons (Fsp3) is 0.500. The van der Waals surface area contributed by atoms with Crippen molar-refractivity contribution in [2.75, 3.05) is 19.8 Å². The molecular weight excluding hydrogens is 534 g/mol. The van der Waals surface area contributed by atoms with Crippen molar-refractivity contribution in [3.8, 4) is 5.75 Å². The molecule has 0 aliphatic heterocycles. The topological polar surface area (TPSA) is 155 Å². The minimum absolute atomic E-state index is 0. The molecule has 234 valence electrons. The summed E-state index contributed by atoms with van der Waals surface area (Å²) in [6, 6.07) is 3.84. The zero-order valence-corrected chi connectivity index (χ0v) is 25.1. The summed E-state index contributed by atoms with van der Waals surface area (Å²) in [6.07, 6.45) is 15.2. The van der Waals surface area contributed by atoms with Crippen molar-refractivity contribution in [1.29, 1.82) is 0 Å². The van der Waals surface area contributed by atoms with Gasteiger partial charge < -0.3 is 26.1 Å². The molecule has 3 atom stereocenters. The Morgan fingerprint density at radius 2 is 1.79 bits per heavy atom. The summed E-state index contributed by atoms with van der Waals surface area (Å²) < 4.78 is 0. The van der Waals surface area contributed by atoms with E-state index in [1.165, 1.54) is 12.5 Å². The lowest BCUT2D eigenvalue weighted by atomic mass is 9.72. The van der Waals surface area contributed by atoms with Crippen LogP contribution in [0.4, 0.5) is 0 Å². The second kappa shape index (κ2) is 17.1. The highest BCUT2D eigenvalue weighted by molar-refractivity contribution is 6.02. The molecule has 0 radical (unpaired) electrons. The predicted molar refractivity (Wildman–Crippen MR) is 169 cm³/mol. The van der Waals surface area contributed by atoms with Gasteiger partial charge in [0.1, 0.15) is 17.3 Å². The van der Waals surface area contributed by atoms with Gasteiger partial charge in [0.25, 0.3) is 0 Å². The van der Waals surface area contributed by atoms with E-state index in [2.05, 4.69) is 43.5 Å². The van der Waals surface area contributed by atoms with Crippen molar-refractivity contribution in [2.45, 2.75) is 71.8 Å². The van der Waals surface area contributed by atoms with Crippen molar-refractivity contribution >= 4 is 22.9 Å². The molecule has 1 aromatic rings. The smallest absolute Gasteiger partial charge is 0.167 e. The summed E-state index contributed by atoms with van der Waals surface area (Å²) >= 11 is 0. The number of benzene rings is 1. The van der Waals surface area contributed by atoms with Crippen molar-refractivity contribution in [1.82, 2.24) is 5.32 Å². The Morgan fingerprint density at radius 1 is 1.07 bits per heavy atom. The number of rotatable bonds is 13. The molecule has 0 saturated heterocycles. The van der Waals surface area contributed by atoms with E-state index in [9.17, 15) is 29.7 Å². The Kier molecular flexibility index (Phi) is 14.2. The summed E-state index contributed by atoms with van der Waals surface area (Å²) in [4.78, 5) is 37.7. The molecule has 0 heterocycles. The lowest BCUT2D eigenvalue weighted by Gasteiger charge is -2.32. The molecule has 0 aromatic heterocycles. The molecular formula is C34H51NO7. The van der Waals surface area contributed by atoms with E-state index in [-0.39, 0.29) is 62.7 Å². The molecule has 2 aliphatic carbocycles. The molecule has 8 nitrogen and oxygen atoms in total. The van der Waals surface area contributed by atoms with Crippen molar-refractivity contribution < 1.29 is 38.0 Å². The molecule has 0 amide bonds. The highest BCUT2D eigenvalue weighted by atomic mass is 16.3. The van der Waals surface area contributed by atoms with Crippen molar-refractivity contribution in [2.24, 2.45) is 17.8 Å². The number of ketones is 3. The van der Waals surface area contributed by atoms with E-state index >= 15 is 0 Å². The Hall–Kier alpha value is -3.17. The Balaban J connectivity index is 0.00000616. The quantitative estimate of drug-likeness (QED) is 0.247. The third kappa shape index (κ3) is 9.70. The van der Waals surface area contributed by atoms with Gasteiger partial charge in [-0.15, -0.1) is 0 Å². The molecule has 0 fully saturated rings. The van der Waals surface area contributed by atoms with Crippen LogP contribution in [0, 0.1) is 17.8 Å².